The van der Waals surface area contributed by atoms with E-state index in [4.69, 9.17) is 0 Å². The van der Waals surface area contributed by atoms with E-state index < -0.39 is 0 Å². The molecule has 1 aliphatic carbocycles. The van der Waals surface area contributed by atoms with Gasteiger partial charge >= 0.3 is 0 Å². The van der Waals surface area contributed by atoms with E-state index in [9.17, 15) is 4.79 Å². The molecule has 1 aliphatic heterocycles. The van der Waals surface area contributed by atoms with E-state index in [1.165, 1.54) is 24.6 Å². The molecule has 2 fully saturated rings. The largest absolute Gasteiger partial charge is 0.341 e. The molecule has 5 nitrogen and oxygen atoms in total. The Balaban J connectivity index is 1.64. The number of allylic oxidation sites excluding steroid dienone is 1. The number of hydrogen-bond donors (Lipinski definition) is 0. The Morgan fingerprint density at radius 1 is 1.23 bits per heavy atom. The molecule has 1 unspecified atom stereocenters. The van der Waals surface area contributed by atoms with Gasteiger partial charge in [0.15, 0.2) is 5.16 Å². The van der Waals surface area contributed by atoms with Gasteiger partial charge in [0.1, 0.15) is 11.1 Å². The van der Waals surface area contributed by atoms with Crippen LogP contribution in [0.4, 0.5) is 0 Å². The topological polar surface area (TPSA) is 51.0 Å². The Kier molecular flexibility index (Phi) is 5.11. The van der Waals surface area contributed by atoms with Crippen molar-refractivity contribution in [3.05, 3.63) is 54.4 Å². The standard InChI is InChI=1S/C20H24N4OS/c1-2-12-24-18(16-10-11-16)21-22-20(24)26-17(15-8-4-3-5-9-15)19(25)23-13-6-7-14-23/h2-5,8-9,16-17H,1,6-7,10-14H2. The molecule has 26 heavy (non-hydrogen) atoms. The fourth-order valence-electron chi connectivity index (χ4n) is 3.43. The molecule has 1 aromatic heterocycles. The average molecular weight is 369 g/mol. The van der Waals surface area contributed by atoms with Gasteiger partial charge in [0.2, 0.25) is 5.91 Å². The summed E-state index contributed by atoms with van der Waals surface area (Å²) in [5, 5.41) is 9.38. The lowest BCUT2D eigenvalue weighted by Gasteiger charge is -2.23. The van der Waals surface area contributed by atoms with Crippen molar-refractivity contribution in [1.29, 1.82) is 0 Å². The maximum absolute atomic E-state index is 13.2. The van der Waals surface area contributed by atoms with Gasteiger partial charge in [-0.3, -0.25) is 4.79 Å². The second kappa shape index (κ2) is 7.66. The van der Waals surface area contributed by atoms with Crippen LogP contribution in [-0.4, -0.2) is 38.7 Å². The summed E-state index contributed by atoms with van der Waals surface area (Å²) in [5.74, 6) is 1.73. The van der Waals surface area contributed by atoms with Crippen molar-refractivity contribution in [3.63, 3.8) is 0 Å². The molecule has 0 bridgehead atoms. The van der Waals surface area contributed by atoms with Crippen LogP contribution in [0.5, 0.6) is 0 Å². The number of benzene rings is 1. The molecule has 6 heteroatoms. The van der Waals surface area contributed by atoms with Gasteiger partial charge in [-0.05, 0) is 31.2 Å². The van der Waals surface area contributed by atoms with Crippen molar-refractivity contribution < 1.29 is 4.79 Å². The number of aromatic nitrogens is 3. The van der Waals surface area contributed by atoms with Gasteiger partial charge in [-0.1, -0.05) is 48.2 Å². The first-order valence-corrected chi connectivity index (χ1v) is 10.2. The number of rotatable bonds is 7. The third-order valence-corrected chi connectivity index (χ3v) is 6.19. The second-order valence-electron chi connectivity index (χ2n) is 6.96. The van der Waals surface area contributed by atoms with Crippen LogP contribution in [0.2, 0.25) is 0 Å². The number of thioether (sulfide) groups is 1. The Bertz CT molecular complexity index is 778. The summed E-state index contributed by atoms with van der Waals surface area (Å²) < 4.78 is 2.13. The van der Waals surface area contributed by atoms with Crippen molar-refractivity contribution in [2.24, 2.45) is 0 Å². The van der Waals surface area contributed by atoms with Gasteiger partial charge in [-0.2, -0.15) is 0 Å². The Hall–Kier alpha value is -2.08. The maximum atomic E-state index is 13.2. The molecule has 136 valence electrons. The van der Waals surface area contributed by atoms with Gasteiger partial charge in [-0.25, -0.2) is 0 Å². The molecule has 2 aliphatic rings. The first-order chi connectivity index (χ1) is 12.8. The first kappa shape index (κ1) is 17.3. The van der Waals surface area contributed by atoms with Crippen LogP contribution in [0.1, 0.15) is 48.2 Å². The zero-order chi connectivity index (χ0) is 17.9. The van der Waals surface area contributed by atoms with Gasteiger partial charge in [0, 0.05) is 25.6 Å². The molecule has 1 saturated carbocycles. The van der Waals surface area contributed by atoms with Crippen LogP contribution in [0, 0.1) is 0 Å². The summed E-state index contributed by atoms with van der Waals surface area (Å²) in [7, 11) is 0. The Morgan fingerprint density at radius 3 is 2.62 bits per heavy atom. The van der Waals surface area contributed by atoms with Crippen LogP contribution in [-0.2, 0) is 11.3 Å². The van der Waals surface area contributed by atoms with Crippen molar-refractivity contribution in [1.82, 2.24) is 19.7 Å². The fourth-order valence-corrected chi connectivity index (χ4v) is 4.57. The monoisotopic (exact) mass is 368 g/mol. The molecule has 2 heterocycles. The molecule has 1 amide bonds. The van der Waals surface area contributed by atoms with Crippen molar-refractivity contribution >= 4 is 17.7 Å². The highest BCUT2D eigenvalue weighted by atomic mass is 32.2. The summed E-state index contributed by atoms with van der Waals surface area (Å²) in [6.07, 6.45) is 6.41. The predicted octanol–water partition coefficient (Wildman–Crippen LogP) is 3.80. The van der Waals surface area contributed by atoms with E-state index in [1.54, 1.807) is 0 Å². The summed E-state index contributed by atoms with van der Waals surface area (Å²) in [6, 6.07) is 10.0. The number of hydrogen-bond acceptors (Lipinski definition) is 4. The molecule has 0 radical (unpaired) electrons. The van der Waals surface area contributed by atoms with Crippen molar-refractivity contribution in [3.8, 4) is 0 Å². The molecule has 4 rings (SSSR count). The van der Waals surface area contributed by atoms with Gasteiger partial charge in [-0.15, -0.1) is 16.8 Å². The first-order valence-electron chi connectivity index (χ1n) is 9.32. The molecule has 0 N–H and O–H groups in total. The summed E-state index contributed by atoms with van der Waals surface area (Å²) >= 11 is 1.52. The summed E-state index contributed by atoms with van der Waals surface area (Å²) in [4.78, 5) is 15.2. The maximum Gasteiger partial charge on any atom is 0.240 e. The van der Waals surface area contributed by atoms with Gasteiger partial charge in [0.25, 0.3) is 0 Å². The smallest absolute Gasteiger partial charge is 0.240 e. The average Bonchev–Trinajstić information content (AvgIpc) is 3.21. The number of nitrogens with zero attached hydrogens (tertiary/aromatic N) is 4. The van der Waals surface area contributed by atoms with Crippen molar-refractivity contribution in [2.45, 2.75) is 48.6 Å². The number of amides is 1. The quantitative estimate of drug-likeness (QED) is 0.551. The highest BCUT2D eigenvalue weighted by Gasteiger charge is 2.33. The minimum atomic E-state index is -0.283. The number of likely N-dealkylation sites (tertiary alicyclic amines) is 1. The molecule has 1 saturated heterocycles. The summed E-state index contributed by atoms with van der Waals surface area (Å²) in [6.45, 7) is 6.27. The Morgan fingerprint density at radius 2 is 1.96 bits per heavy atom. The summed E-state index contributed by atoms with van der Waals surface area (Å²) in [5.41, 5.74) is 1.02. The van der Waals surface area contributed by atoms with Crippen LogP contribution < -0.4 is 0 Å². The lowest BCUT2D eigenvalue weighted by Crippen LogP contribution is -2.31. The molecule has 0 spiro atoms. The number of carbonyl (C=O) groups excluding carboxylic acids is 1. The van der Waals surface area contributed by atoms with Crippen LogP contribution in [0.3, 0.4) is 0 Å². The molecular weight excluding hydrogens is 344 g/mol. The molecule has 1 aromatic carbocycles. The molecular formula is C20H24N4OS. The SMILES string of the molecule is C=CCn1c(SC(C(=O)N2CCCC2)c2ccccc2)nnc1C1CC1. The Labute approximate surface area is 158 Å². The third kappa shape index (κ3) is 3.56. The second-order valence-corrected chi connectivity index (χ2v) is 8.03. The molecule has 1 atom stereocenters. The van der Waals surface area contributed by atoms with Gasteiger partial charge in [0.05, 0.1) is 0 Å². The lowest BCUT2D eigenvalue weighted by atomic mass is 10.1. The van der Waals surface area contributed by atoms with E-state index >= 15 is 0 Å². The van der Waals surface area contributed by atoms with E-state index in [0.717, 1.165) is 42.5 Å². The minimum Gasteiger partial charge on any atom is -0.341 e. The van der Waals surface area contributed by atoms with Gasteiger partial charge < -0.3 is 9.47 Å². The highest BCUT2D eigenvalue weighted by Crippen LogP contribution is 2.42. The van der Waals surface area contributed by atoms with E-state index in [1.807, 2.05) is 41.3 Å². The highest BCUT2D eigenvalue weighted by molar-refractivity contribution is 8.00. The fraction of sp³-hybridized carbons (Fsp3) is 0.450. The normalized spacial score (nSPS) is 18.1. The van der Waals surface area contributed by atoms with E-state index in [0.29, 0.717) is 12.5 Å². The lowest BCUT2D eigenvalue weighted by molar-refractivity contribution is -0.129. The minimum absolute atomic E-state index is 0.180. The van der Waals surface area contributed by atoms with Crippen LogP contribution in [0.25, 0.3) is 0 Å². The molecule has 2 aromatic rings. The van der Waals surface area contributed by atoms with Crippen molar-refractivity contribution in [2.75, 3.05) is 13.1 Å². The van der Waals surface area contributed by atoms with Crippen LogP contribution >= 0.6 is 11.8 Å². The predicted molar refractivity (Wildman–Crippen MR) is 103 cm³/mol. The third-order valence-electron chi connectivity index (χ3n) is 4.97. The zero-order valence-electron chi connectivity index (χ0n) is 14.9. The van der Waals surface area contributed by atoms with Crippen LogP contribution in [0.15, 0.2) is 48.1 Å². The number of carbonyl (C=O) groups is 1. The van der Waals surface area contributed by atoms with E-state index in [-0.39, 0.29) is 11.2 Å². The zero-order valence-corrected chi connectivity index (χ0v) is 15.7. The van der Waals surface area contributed by atoms with E-state index in [2.05, 4.69) is 21.3 Å².